The van der Waals surface area contributed by atoms with Crippen molar-refractivity contribution < 1.29 is 14.4 Å². The van der Waals surface area contributed by atoms with Crippen LogP contribution in [-0.2, 0) is 0 Å². The van der Waals surface area contributed by atoms with E-state index in [1.165, 1.54) is 12.1 Å². The zero-order valence-corrected chi connectivity index (χ0v) is 9.39. The van der Waals surface area contributed by atoms with Crippen molar-refractivity contribution in [3.05, 3.63) is 22.2 Å². The maximum absolute atomic E-state index is 10.9. The lowest BCUT2D eigenvalue weighted by Crippen LogP contribution is -1.98. The van der Waals surface area contributed by atoms with E-state index in [1.807, 2.05) is 0 Å². The van der Waals surface area contributed by atoms with Gasteiger partial charge in [0.2, 0.25) is 6.79 Å². The standard InChI is InChI=1S/C10H11N3O4/c1-6(2)11-12-7-3-9-10(17-5-16-9)4-8(7)13(14)15/h3-4,12H,5H2,1-2H3. The van der Waals surface area contributed by atoms with Crippen molar-refractivity contribution in [1.82, 2.24) is 0 Å². The zero-order valence-electron chi connectivity index (χ0n) is 9.39. The highest BCUT2D eigenvalue weighted by atomic mass is 16.7. The van der Waals surface area contributed by atoms with Crippen LogP contribution in [0.25, 0.3) is 0 Å². The van der Waals surface area contributed by atoms with E-state index >= 15 is 0 Å². The Kier molecular flexibility index (Phi) is 2.82. The first-order valence-corrected chi connectivity index (χ1v) is 4.93. The van der Waals surface area contributed by atoms with Crippen molar-refractivity contribution in [2.75, 3.05) is 12.2 Å². The number of nitrogens with one attached hydrogen (secondary N) is 1. The molecule has 1 aromatic carbocycles. The normalized spacial score (nSPS) is 12.1. The molecule has 0 bridgehead atoms. The van der Waals surface area contributed by atoms with Gasteiger partial charge in [-0.25, -0.2) is 0 Å². The van der Waals surface area contributed by atoms with Crippen LogP contribution >= 0.6 is 0 Å². The molecule has 7 nitrogen and oxygen atoms in total. The number of ether oxygens (including phenoxy) is 2. The van der Waals surface area contributed by atoms with Crippen molar-refractivity contribution in [3.63, 3.8) is 0 Å². The molecule has 1 aliphatic heterocycles. The van der Waals surface area contributed by atoms with Crippen LogP contribution in [0.3, 0.4) is 0 Å². The van der Waals surface area contributed by atoms with E-state index in [1.54, 1.807) is 13.8 Å². The van der Waals surface area contributed by atoms with Gasteiger partial charge in [0.15, 0.2) is 11.5 Å². The Morgan fingerprint density at radius 1 is 1.41 bits per heavy atom. The average molecular weight is 237 g/mol. The van der Waals surface area contributed by atoms with Crippen molar-refractivity contribution in [2.24, 2.45) is 5.10 Å². The Morgan fingerprint density at radius 2 is 2.06 bits per heavy atom. The Balaban J connectivity index is 2.41. The quantitative estimate of drug-likeness (QED) is 0.494. The molecule has 0 atom stereocenters. The maximum atomic E-state index is 10.9. The minimum Gasteiger partial charge on any atom is -0.454 e. The summed E-state index contributed by atoms with van der Waals surface area (Å²) in [5.74, 6) is 0.849. The summed E-state index contributed by atoms with van der Waals surface area (Å²) in [6.07, 6.45) is 0. The number of nitro groups is 1. The highest BCUT2D eigenvalue weighted by Crippen LogP contribution is 2.40. The second-order valence-corrected chi connectivity index (χ2v) is 3.65. The molecule has 1 N–H and O–H groups in total. The van der Waals surface area contributed by atoms with E-state index in [9.17, 15) is 10.1 Å². The third kappa shape index (κ3) is 2.27. The number of hydrazone groups is 1. The number of benzene rings is 1. The van der Waals surface area contributed by atoms with Crippen molar-refractivity contribution in [2.45, 2.75) is 13.8 Å². The van der Waals surface area contributed by atoms with Crippen molar-refractivity contribution in [1.29, 1.82) is 0 Å². The molecule has 0 saturated carbocycles. The van der Waals surface area contributed by atoms with Crippen molar-refractivity contribution >= 4 is 17.1 Å². The first-order chi connectivity index (χ1) is 8.08. The Morgan fingerprint density at radius 3 is 2.65 bits per heavy atom. The summed E-state index contributed by atoms with van der Waals surface area (Å²) in [4.78, 5) is 10.4. The lowest BCUT2D eigenvalue weighted by molar-refractivity contribution is -0.384. The molecule has 0 aliphatic carbocycles. The summed E-state index contributed by atoms with van der Waals surface area (Å²) < 4.78 is 10.2. The van der Waals surface area contributed by atoms with Gasteiger partial charge in [-0.1, -0.05) is 0 Å². The number of fused-ring (bicyclic) bond motifs is 1. The first-order valence-electron chi connectivity index (χ1n) is 4.93. The summed E-state index contributed by atoms with van der Waals surface area (Å²) in [6, 6.07) is 2.83. The molecule has 7 heteroatoms. The Hall–Kier alpha value is -2.31. The highest BCUT2D eigenvalue weighted by molar-refractivity contribution is 5.80. The molecule has 0 radical (unpaired) electrons. The monoisotopic (exact) mass is 237 g/mol. The summed E-state index contributed by atoms with van der Waals surface area (Å²) in [5, 5.41) is 14.8. The number of rotatable bonds is 3. The molecule has 0 unspecified atom stereocenters. The molecule has 90 valence electrons. The van der Waals surface area contributed by atoms with Gasteiger partial charge < -0.3 is 9.47 Å². The van der Waals surface area contributed by atoms with Gasteiger partial charge in [-0.15, -0.1) is 0 Å². The van der Waals surface area contributed by atoms with Gasteiger partial charge in [0.25, 0.3) is 5.69 Å². The zero-order chi connectivity index (χ0) is 12.4. The van der Waals surface area contributed by atoms with E-state index in [2.05, 4.69) is 10.5 Å². The SMILES string of the molecule is CC(C)=NNc1cc2c(cc1[N+](=O)[O-])OCO2. The van der Waals surface area contributed by atoms with Crippen LogP contribution in [0, 0.1) is 10.1 Å². The molecule has 1 aliphatic rings. The van der Waals surface area contributed by atoms with Gasteiger partial charge in [0.1, 0.15) is 5.69 Å². The Bertz CT molecular complexity index is 495. The highest BCUT2D eigenvalue weighted by Gasteiger charge is 2.23. The van der Waals surface area contributed by atoms with Crippen LogP contribution in [0.5, 0.6) is 11.5 Å². The largest absolute Gasteiger partial charge is 0.454 e. The topological polar surface area (TPSA) is 86.0 Å². The van der Waals surface area contributed by atoms with E-state index in [4.69, 9.17) is 9.47 Å². The Labute approximate surface area is 97.2 Å². The molecule has 0 amide bonds. The molecule has 1 heterocycles. The second kappa shape index (κ2) is 4.28. The molecule has 0 fully saturated rings. The second-order valence-electron chi connectivity index (χ2n) is 3.65. The predicted octanol–water partition coefficient (Wildman–Crippen LogP) is 2.13. The van der Waals surface area contributed by atoms with Gasteiger partial charge in [-0.3, -0.25) is 15.5 Å². The number of hydrogen-bond donors (Lipinski definition) is 1. The van der Waals surface area contributed by atoms with Crippen LogP contribution < -0.4 is 14.9 Å². The molecule has 1 aromatic rings. The number of nitro benzene ring substituents is 1. The lowest BCUT2D eigenvalue weighted by Gasteiger charge is -2.04. The van der Waals surface area contributed by atoms with E-state index in [0.717, 1.165) is 5.71 Å². The summed E-state index contributed by atoms with van der Waals surface area (Å²) >= 11 is 0. The minimum absolute atomic E-state index is 0.0754. The minimum atomic E-state index is -0.495. The third-order valence-electron chi connectivity index (χ3n) is 2.09. The third-order valence-corrected chi connectivity index (χ3v) is 2.09. The van der Waals surface area contributed by atoms with Crippen molar-refractivity contribution in [3.8, 4) is 11.5 Å². The fourth-order valence-corrected chi connectivity index (χ4v) is 1.34. The van der Waals surface area contributed by atoms with Crippen LogP contribution in [0.1, 0.15) is 13.8 Å². The smallest absolute Gasteiger partial charge is 0.298 e. The fraction of sp³-hybridized carbons (Fsp3) is 0.300. The first kappa shape index (κ1) is 11.2. The summed E-state index contributed by atoms with van der Waals surface area (Å²) in [5.41, 5.74) is 3.58. The lowest BCUT2D eigenvalue weighted by atomic mass is 10.2. The number of hydrogen-bond acceptors (Lipinski definition) is 6. The molecule has 0 aromatic heterocycles. The maximum Gasteiger partial charge on any atom is 0.298 e. The molecule has 0 saturated heterocycles. The number of anilines is 1. The number of nitrogens with zero attached hydrogens (tertiary/aromatic N) is 2. The molecule has 2 rings (SSSR count). The molecule has 17 heavy (non-hydrogen) atoms. The van der Waals surface area contributed by atoms with Crippen LogP contribution in [0.15, 0.2) is 17.2 Å². The molecular formula is C10H11N3O4. The summed E-state index contributed by atoms with van der Waals surface area (Å²) in [6.45, 7) is 3.64. The van der Waals surface area contributed by atoms with Gasteiger partial charge in [0.05, 0.1) is 11.0 Å². The van der Waals surface area contributed by atoms with E-state index in [0.29, 0.717) is 11.5 Å². The molecular weight excluding hydrogens is 226 g/mol. The molecule has 0 spiro atoms. The van der Waals surface area contributed by atoms with Gasteiger partial charge in [-0.05, 0) is 13.8 Å². The van der Waals surface area contributed by atoms with Crippen LogP contribution in [-0.4, -0.2) is 17.4 Å². The predicted molar refractivity (Wildman–Crippen MR) is 61.6 cm³/mol. The fourth-order valence-electron chi connectivity index (χ4n) is 1.34. The average Bonchev–Trinajstić information content (AvgIpc) is 2.71. The van der Waals surface area contributed by atoms with E-state index in [-0.39, 0.29) is 18.2 Å². The van der Waals surface area contributed by atoms with Gasteiger partial charge in [0, 0.05) is 11.8 Å². The van der Waals surface area contributed by atoms with Gasteiger partial charge in [-0.2, -0.15) is 5.10 Å². The van der Waals surface area contributed by atoms with Crippen LogP contribution in [0.4, 0.5) is 11.4 Å². The summed E-state index contributed by atoms with van der Waals surface area (Å²) in [7, 11) is 0. The van der Waals surface area contributed by atoms with Crippen LogP contribution in [0.2, 0.25) is 0 Å². The van der Waals surface area contributed by atoms with E-state index < -0.39 is 4.92 Å². The van der Waals surface area contributed by atoms with Gasteiger partial charge >= 0.3 is 0 Å².